The first-order valence-corrected chi connectivity index (χ1v) is 61.4. The van der Waals surface area contributed by atoms with E-state index in [4.69, 9.17) is 23.2 Å². The molecule has 14 fully saturated rings. The summed E-state index contributed by atoms with van der Waals surface area (Å²) >= 11 is 12.4. The third-order valence-electron chi connectivity index (χ3n) is 44.5. The van der Waals surface area contributed by atoms with E-state index in [9.17, 15) is 0 Å². The average Bonchev–Trinajstić information content (AvgIpc) is 1.78. The van der Waals surface area contributed by atoms with Crippen molar-refractivity contribution in [1.82, 2.24) is 5.32 Å². The largest absolute Gasteiger partial charge is 0.314 e. The molecule has 138 heavy (non-hydrogen) atoms. The number of piperidine rings is 1. The van der Waals surface area contributed by atoms with Crippen molar-refractivity contribution in [3.05, 3.63) is 246 Å². The Hall–Kier alpha value is -4.92. The fourth-order valence-electron chi connectivity index (χ4n) is 35.6. The predicted octanol–water partition coefficient (Wildman–Crippen LogP) is 37.7. The summed E-state index contributed by atoms with van der Waals surface area (Å²) in [4.78, 5) is 0. The first-order valence-electron chi connectivity index (χ1n) is 60.6. The van der Waals surface area contributed by atoms with E-state index < -0.39 is 0 Å². The van der Waals surface area contributed by atoms with E-state index in [0.717, 1.165) is 98.9 Å². The Morgan fingerprint density at radius 1 is 0.239 bits per heavy atom. The zero-order valence-electron chi connectivity index (χ0n) is 86.9. The first-order chi connectivity index (χ1) is 67.9. The molecule has 7 aromatic rings. The van der Waals surface area contributed by atoms with Crippen molar-refractivity contribution < 1.29 is 0 Å². The molecule has 1 saturated heterocycles. The van der Waals surface area contributed by atoms with Crippen LogP contribution >= 0.6 is 23.2 Å². The van der Waals surface area contributed by atoms with E-state index in [1.807, 2.05) is 0 Å². The van der Waals surface area contributed by atoms with E-state index in [0.29, 0.717) is 37.9 Å². The van der Waals surface area contributed by atoms with E-state index in [1.165, 1.54) is 455 Å². The van der Waals surface area contributed by atoms with Gasteiger partial charge in [-0.1, -0.05) is 375 Å². The lowest BCUT2D eigenvalue weighted by Gasteiger charge is -2.35. The molecule has 13 saturated carbocycles. The second kappa shape index (κ2) is 44.0. The van der Waals surface area contributed by atoms with Gasteiger partial charge in [0.25, 0.3) is 0 Å². The number of hydrogen-bond donors (Lipinski definition) is 1. The normalized spacial score (nSPS) is 34.2. The maximum atomic E-state index is 6.22. The molecule has 0 radical (unpaired) electrons. The smallest absolute Gasteiger partial charge is 0.0409 e. The maximum Gasteiger partial charge on any atom is 0.0409 e. The molecule has 1 N–H and O–H groups in total. The summed E-state index contributed by atoms with van der Waals surface area (Å²) in [5.74, 6) is 14.5. The van der Waals surface area contributed by atoms with Crippen molar-refractivity contribution >= 4 is 23.2 Å². The van der Waals surface area contributed by atoms with Gasteiger partial charge in [-0.15, -0.1) is 0 Å². The molecule has 0 aromatic heterocycles. The number of rotatable bonds is 22. The SMILES string of the molecule is CCC1CC(CC2CC23CCc2ccccc23)C1.Clc1ccc2c(c1)C1(CC2)CC1CCC1CCCCC1.Clc1ccc2c(c1)CCC21CC1CCC1CCCCC1.c1ccc2c(c1)CCC21CC1CCC1CCCCC1.c1ccc2c(c1)CCCC21CC1CCC1CCCCC1.c1ccc2c(c1)CCCC21CC1CCC1CCCCN1.c1ccc2c(c1)CCCC21CC1CCCC1CCCCC1. The van der Waals surface area contributed by atoms with E-state index >= 15 is 0 Å². The highest BCUT2D eigenvalue weighted by molar-refractivity contribution is 6.31. The highest BCUT2D eigenvalue weighted by Gasteiger charge is 2.63. The van der Waals surface area contributed by atoms with Crippen LogP contribution in [-0.2, 0) is 82.9 Å². The molecule has 21 aliphatic rings. The fourth-order valence-corrected chi connectivity index (χ4v) is 36.0. The Kier molecular flexibility index (Phi) is 31.2. The molecule has 0 amide bonds. The summed E-state index contributed by atoms with van der Waals surface area (Å²) < 4.78 is 0. The molecule has 1 aliphatic heterocycles. The lowest BCUT2D eigenvalue weighted by molar-refractivity contribution is 0.166. The van der Waals surface area contributed by atoms with Crippen LogP contribution in [0.2, 0.25) is 10.0 Å². The van der Waals surface area contributed by atoms with Crippen LogP contribution in [0.3, 0.4) is 0 Å². The summed E-state index contributed by atoms with van der Waals surface area (Å²) in [6.45, 7) is 3.61. The molecule has 15 atom stereocenters. The quantitative estimate of drug-likeness (QED) is 0.0713. The standard InChI is InChI=1S/C21H30.C20H28.2C19H25Cl.C19H27N.C19H26.C18H24/c1-2-8-17(9-3-1)10-6-13-19-16-21(19)15-7-12-18-11-4-5-14-20(18)21;1-2-7-16(8-3-1)12-13-18-15-20(18)14-6-10-17-9-4-5-11-19(17)20;20-17-9-7-15-10-11-19(18(15)12-17)13-16(19)8-6-14-4-2-1-3-5-14;20-17-8-9-18-15(12-17)10-11-19(18)13-16(19)7-6-14-4-2-1-3-5-14;1-2-9-18-15(6-1)7-5-12-19(18)14-16(19)10-11-17-8-3-4-13-20-17;1-2-6-15(7-3-1)10-11-17-14-19(17)13-12-16-8-4-5-9-18(16)19;1-2-13-9-14(10-13)11-16-12-18(16)8-7-15-5-3-4-6-17(15)18/h4-5,11,14,17,19H,1-3,6-10,12-13,15-16H2;4-5,9,11,16,18H,1-3,6-8,10,12-15H2;7,9,12,14,16H,1-6,8,10-11,13H2;8-9,12,14,16H,1-7,10-11,13H2;1-2,6,9,16-17,20H,3-5,7-8,10-14H2;4-5,8-9,15,17H,1-3,6-7,10-14H2;3-6,13-14,16H,2,7-12H2,1H3. The minimum atomic E-state index is 0.550. The van der Waals surface area contributed by atoms with Crippen LogP contribution in [0, 0.1) is 82.9 Å². The molecule has 0 bridgehead atoms. The van der Waals surface area contributed by atoms with Gasteiger partial charge in [-0.2, -0.15) is 0 Å². The highest BCUT2D eigenvalue weighted by atomic mass is 35.5. The lowest BCUT2D eigenvalue weighted by Crippen LogP contribution is -2.34. The molecule has 15 unspecified atom stereocenters. The Labute approximate surface area is 851 Å². The van der Waals surface area contributed by atoms with Crippen molar-refractivity contribution in [1.29, 1.82) is 0 Å². The van der Waals surface area contributed by atoms with Crippen molar-refractivity contribution in [2.24, 2.45) is 82.9 Å². The van der Waals surface area contributed by atoms with Crippen molar-refractivity contribution in [2.45, 2.75) is 494 Å². The van der Waals surface area contributed by atoms with E-state index in [-0.39, 0.29) is 0 Å². The van der Waals surface area contributed by atoms with Gasteiger partial charge in [0.05, 0.1) is 0 Å². The third-order valence-corrected chi connectivity index (χ3v) is 44.9. The summed E-state index contributed by atoms with van der Waals surface area (Å²) in [7, 11) is 0. The number of nitrogens with one attached hydrogen (secondary N) is 1. The summed E-state index contributed by atoms with van der Waals surface area (Å²) in [5, 5.41) is 5.56. The number of benzene rings is 7. The minimum Gasteiger partial charge on any atom is -0.314 e. The molecule has 7 aromatic carbocycles. The average molecular weight is 1890 g/mol. The number of halogens is 2. The summed E-state index contributed by atoms with van der Waals surface area (Å²) in [6.07, 6.45) is 101. The highest BCUT2D eigenvalue weighted by Crippen LogP contribution is 2.70. The van der Waals surface area contributed by atoms with Gasteiger partial charge in [0.1, 0.15) is 0 Å². The van der Waals surface area contributed by atoms with Crippen LogP contribution in [-0.4, -0.2) is 12.6 Å². The predicted molar refractivity (Wildman–Crippen MR) is 585 cm³/mol. The molecular weight excluding hydrogens is 1710 g/mol. The van der Waals surface area contributed by atoms with Gasteiger partial charge in [-0.3, -0.25) is 0 Å². The lowest BCUT2D eigenvalue weighted by atomic mass is 9.70. The summed E-state index contributed by atoms with van der Waals surface area (Å²) in [6, 6.07) is 60.5. The Morgan fingerprint density at radius 3 is 0.935 bits per heavy atom. The van der Waals surface area contributed by atoms with Crippen molar-refractivity contribution in [3.63, 3.8) is 0 Å². The molecular formula is C135H185Cl2N. The molecule has 3 heteroatoms. The number of fused-ring (bicyclic) bond motifs is 14. The van der Waals surface area contributed by atoms with Gasteiger partial charge in [0, 0.05) is 16.1 Å². The van der Waals surface area contributed by atoms with Crippen LogP contribution in [0.4, 0.5) is 0 Å². The molecule has 7 spiro atoms. The van der Waals surface area contributed by atoms with Crippen LogP contribution in [0.5, 0.6) is 0 Å². The molecule has 28 rings (SSSR count). The van der Waals surface area contributed by atoms with Crippen molar-refractivity contribution in [3.8, 4) is 0 Å². The van der Waals surface area contributed by atoms with E-state index in [1.54, 1.807) is 72.3 Å². The van der Waals surface area contributed by atoms with Crippen LogP contribution < -0.4 is 5.32 Å². The Bertz CT molecular complexity index is 5030. The minimum absolute atomic E-state index is 0.550. The van der Waals surface area contributed by atoms with Gasteiger partial charge < -0.3 is 5.32 Å². The molecule has 1 heterocycles. The first kappa shape index (κ1) is 97.8. The number of hydrogen-bond acceptors (Lipinski definition) is 1. The van der Waals surface area contributed by atoms with Crippen LogP contribution in [0.15, 0.2) is 158 Å². The zero-order chi connectivity index (χ0) is 93.0. The Morgan fingerprint density at radius 2 is 0.543 bits per heavy atom. The van der Waals surface area contributed by atoms with Gasteiger partial charge in [-0.25, -0.2) is 0 Å². The van der Waals surface area contributed by atoms with Gasteiger partial charge in [0.15, 0.2) is 0 Å². The molecule has 1 nitrogen and oxygen atoms in total. The zero-order valence-corrected chi connectivity index (χ0v) is 88.4. The van der Waals surface area contributed by atoms with Crippen molar-refractivity contribution in [2.75, 3.05) is 6.54 Å². The van der Waals surface area contributed by atoms with E-state index in [2.05, 4.69) is 170 Å². The second-order valence-corrected chi connectivity index (χ2v) is 53.1. The Balaban J connectivity index is 0.0000000930. The van der Waals surface area contributed by atoms with Gasteiger partial charge >= 0.3 is 0 Å². The van der Waals surface area contributed by atoms with Crippen LogP contribution in [0.1, 0.15) is 483 Å². The second-order valence-electron chi connectivity index (χ2n) is 52.2. The fraction of sp³-hybridized carbons (Fsp3) is 0.689. The summed E-state index contributed by atoms with van der Waals surface area (Å²) in [5.41, 5.74) is 27.6. The topological polar surface area (TPSA) is 12.0 Å². The maximum absolute atomic E-state index is 6.22. The van der Waals surface area contributed by atoms with Gasteiger partial charge in [-0.05, 0) is 461 Å². The number of aryl methyl sites for hydroxylation is 7. The third kappa shape index (κ3) is 21.8. The monoisotopic (exact) mass is 1890 g/mol. The van der Waals surface area contributed by atoms with Gasteiger partial charge in [0.2, 0.25) is 0 Å². The van der Waals surface area contributed by atoms with Crippen LogP contribution in [0.25, 0.3) is 0 Å². The molecule has 20 aliphatic carbocycles. The molecule has 744 valence electrons.